The lowest BCUT2D eigenvalue weighted by Gasteiger charge is -2.12. The summed E-state index contributed by atoms with van der Waals surface area (Å²) in [5.41, 5.74) is 7.53. The molecule has 40 heavy (non-hydrogen) atoms. The quantitative estimate of drug-likeness (QED) is 0.284. The fourth-order valence-electron chi connectivity index (χ4n) is 4.75. The van der Waals surface area contributed by atoms with Gasteiger partial charge < -0.3 is 9.88 Å². The monoisotopic (exact) mass is 555 g/mol. The second kappa shape index (κ2) is 9.83. The van der Waals surface area contributed by atoms with E-state index in [1.54, 1.807) is 24.7 Å². The van der Waals surface area contributed by atoms with Crippen molar-refractivity contribution in [1.29, 1.82) is 0 Å². The highest BCUT2D eigenvalue weighted by molar-refractivity contribution is 7.90. The zero-order chi connectivity index (χ0) is 28.0. The largest absolute Gasteiger partial charge is 0.376 e. The number of rotatable bonds is 7. The van der Waals surface area contributed by atoms with E-state index in [0.717, 1.165) is 44.5 Å². The number of pyridine rings is 3. The van der Waals surface area contributed by atoms with Crippen LogP contribution in [0.2, 0.25) is 0 Å². The van der Waals surface area contributed by atoms with E-state index >= 15 is 0 Å². The Kier molecular flexibility index (Phi) is 6.30. The lowest BCUT2D eigenvalue weighted by Crippen LogP contribution is -2.08. The van der Waals surface area contributed by atoms with Crippen molar-refractivity contribution in [3.8, 4) is 33.8 Å². The van der Waals surface area contributed by atoms with E-state index in [1.807, 2.05) is 43.4 Å². The minimum absolute atomic E-state index is 0.0553. The Morgan fingerprint density at radius 1 is 0.925 bits per heavy atom. The predicted molar refractivity (Wildman–Crippen MR) is 155 cm³/mol. The molecule has 6 rings (SSSR count). The number of hydrogen-bond acceptors (Lipinski definition) is 7. The molecular formula is C29H26FN7O2S. The van der Waals surface area contributed by atoms with Gasteiger partial charge in [0.25, 0.3) is 0 Å². The summed E-state index contributed by atoms with van der Waals surface area (Å²) in [7, 11) is 0.759. The average molecular weight is 556 g/mol. The number of aromatic amines is 2. The Morgan fingerprint density at radius 2 is 1.75 bits per heavy atom. The summed E-state index contributed by atoms with van der Waals surface area (Å²) in [6.07, 6.45) is 8.45. The molecule has 202 valence electrons. The van der Waals surface area contributed by atoms with Crippen molar-refractivity contribution in [1.82, 2.24) is 30.1 Å². The molecule has 0 radical (unpaired) electrons. The number of fused-ring (bicyclic) bond motifs is 2. The van der Waals surface area contributed by atoms with Crippen LogP contribution < -0.4 is 4.90 Å². The summed E-state index contributed by atoms with van der Waals surface area (Å²) in [4.78, 5) is 18.9. The second-order valence-electron chi connectivity index (χ2n) is 10.1. The van der Waals surface area contributed by atoms with Crippen molar-refractivity contribution in [2.75, 3.05) is 31.0 Å². The molecule has 0 aliphatic carbocycles. The van der Waals surface area contributed by atoms with Crippen molar-refractivity contribution >= 4 is 37.5 Å². The highest BCUT2D eigenvalue weighted by Crippen LogP contribution is 2.34. The number of nitrogens with one attached hydrogen (secondary N) is 2. The van der Waals surface area contributed by atoms with Gasteiger partial charge in [-0.05, 0) is 54.4 Å². The molecule has 5 aromatic heterocycles. The van der Waals surface area contributed by atoms with Gasteiger partial charge in [-0.15, -0.1) is 0 Å². The van der Waals surface area contributed by atoms with Crippen LogP contribution in [0.3, 0.4) is 0 Å². The number of halogens is 1. The third-order valence-corrected chi connectivity index (χ3v) is 7.74. The van der Waals surface area contributed by atoms with Crippen LogP contribution in [0.25, 0.3) is 55.7 Å². The Bertz CT molecular complexity index is 2000. The van der Waals surface area contributed by atoms with Gasteiger partial charge in [-0.3, -0.25) is 15.1 Å². The zero-order valence-corrected chi connectivity index (χ0v) is 22.9. The minimum Gasteiger partial charge on any atom is -0.376 e. The smallest absolute Gasteiger partial charge is 0.181 e. The molecule has 0 bridgehead atoms. The van der Waals surface area contributed by atoms with Crippen molar-refractivity contribution in [2.24, 2.45) is 0 Å². The molecule has 0 saturated heterocycles. The average Bonchev–Trinajstić information content (AvgIpc) is 3.55. The fraction of sp³-hybridized carbons (Fsp3) is 0.172. The number of anilines is 1. The van der Waals surface area contributed by atoms with Crippen LogP contribution in [0.15, 0.2) is 67.3 Å². The van der Waals surface area contributed by atoms with Crippen molar-refractivity contribution in [3.63, 3.8) is 0 Å². The maximum atomic E-state index is 14.6. The number of sulfone groups is 1. The van der Waals surface area contributed by atoms with Crippen LogP contribution >= 0.6 is 0 Å². The van der Waals surface area contributed by atoms with E-state index in [-0.39, 0.29) is 12.2 Å². The molecule has 0 amide bonds. The van der Waals surface area contributed by atoms with E-state index in [0.29, 0.717) is 22.5 Å². The summed E-state index contributed by atoms with van der Waals surface area (Å²) < 4.78 is 37.9. The summed E-state index contributed by atoms with van der Waals surface area (Å²) in [5, 5.41) is 9.13. The topological polar surface area (TPSA) is 121 Å². The van der Waals surface area contributed by atoms with E-state index in [4.69, 9.17) is 0 Å². The first-order chi connectivity index (χ1) is 19.1. The minimum atomic E-state index is -3.18. The lowest BCUT2D eigenvalue weighted by atomic mass is 10.0. The lowest BCUT2D eigenvalue weighted by molar-refractivity contribution is 0.600. The fourth-order valence-corrected chi connectivity index (χ4v) is 5.35. The normalized spacial score (nSPS) is 11.9. The molecule has 2 N–H and O–H groups in total. The van der Waals surface area contributed by atoms with Crippen LogP contribution in [-0.2, 0) is 16.3 Å². The van der Waals surface area contributed by atoms with Gasteiger partial charge in [0, 0.05) is 71.9 Å². The Hall–Kier alpha value is -4.64. The van der Waals surface area contributed by atoms with Crippen molar-refractivity contribution < 1.29 is 12.8 Å². The van der Waals surface area contributed by atoms with Gasteiger partial charge in [-0.1, -0.05) is 0 Å². The highest BCUT2D eigenvalue weighted by atomic mass is 32.2. The van der Waals surface area contributed by atoms with Crippen molar-refractivity contribution in [2.45, 2.75) is 6.42 Å². The van der Waals surface area contributed by atoms with Gasteiger partial charge in [0.05, 0.1) is 34.7 Å². The SMILES string of the molecule is CN(C)c1cncc(-c2cnc3n[nH]c(-c4cc5c(-c6cc(F)cc(CCS(C)(=O)=O)c6)nccc5[nH]4)c3c2)c1. The van der Waals surface area contributed by atoms with Gasteiger partial charge >= 0.3 is 0 Å². The molecule has 0 aliphatic heterocycles. The highest BCUT2D eigenvalue weighted by Gasteiger charge is 2.16. The van der Waals surface area contributed by atoms with Crippen molar-refractivity contribution in [3.05, 3.63) is 78.6 Å². The number of hydrogen-bond donors (Lipinski definition) is 2. The Labute approximate surface area is 230 Å². The summed E-state index contributed by atoms with van der Waals surface area (Å²) >= 11 is 0. The molecule has 1 aromatic carbocycles. The van der Waals surface area contributed by atoms with Crippen LogP contribution in [-0.4, -0.2) is 64.7 Å². The number of nitrogens with zero attached hydrogens (tertiary/aromatic N) is 5. The molecule has 6 aromatic rings. The molecule has 9 nitrogen and oxygen atoms in total. The van der Waals surface area contributed by atoms with Crippen LogP contribution in [0.4, 0.5) is 10.1 Å². The molecule has 0 spiro atoms. The van der Waals surface area contributed by atoms with E-state index in [2.05, 4.69) is 36.2 Å². The third kappa shape index (κ3) is 5.03. The van der Waals surface area contributed by atoms with Gasteiger partial charge in [0.2, 0.25) is 0 Å². The maximum Gasteiger partial charge on any atom is 0.181 e. The molecule has 0 unspecified atom stereocenters. The van der Waals surface area contributed by atoms with E-state index in [9.17, 15) is 12.8 Å². The summed E-state index contributed by atoms with van der Waals surface area (Å²) in [6, 6.07) is 12.5. The molecule has 5 heterocycles. The van der Waals surface area contributed by atoms with Gasteiger partial charge in [-0.2, -0.15) is 5.10 Å². The van der Waals surface area contributed by atoms with Gasteiger partial charge in [-0.25, -0.2) is 17.8 Å². The molecule has 0 saturated carbocycles. The van der Waals surface area contributed by atoms with E-state index in [1.165, 1.54) is 18.4 Å². The Morgan fingerprint density at radius 3 is 2.55 bits per heavy atom. The van der Waals surface area contributed by atoms with Crippen LogP contribution in [0.1, 0.15) is 5.56 Å². The number of aryl methyl sites for hydroxylation is 1. The standard InChI is InChI=1S/C29H26FN7O2S/c1-37(2)22-11-19(14-31-16-22)20-12-24-28(35-36-29(24)33-15-20)26-13-23-25(34-26)4-6-32-27(23)18-8-17(9-21(30)10-18)5-7-40(3,38)39/h4,6,8-16,34H,5,7H2,1-3H3,(H,33,35,36). The number of aromatic nitrogens is 6. The molecule has 0 atom stereocenters. The Balaban J connectivity index is 1.42. The summed E-state index contributed by atoms with van der Waals surface area (Å²) in [5.74, 6) is -0.498. The second-order valence-corrected chi connectivity index (χ2v) is 12.3. The zero-order valence-electron chi connectivity index (χ0n) is 22.1. The number of benzene rings is 1. The first-order valence-electron chi connectivity index (χ1n) is 12.6. The van der Waals surface area contributed by atoms with Gasteiger partial charge in [0.15, 0.2) is 5.65 Å². The maximum absolute atomic E-state index is 14.6. The van der Waals surface area contributed by atoms with Crippen LogP contribution in [0.5, 0.6) is 0 Å². The molecule has 11 heteroatoms. The number of H-pyrrole nitrogens is 2. The van der Waals surface area contributed by atoms with Crippen LogP contribution in [0, 0.1) is 5.82 Å². The third-order valence-electron chi connectivity index (χ3n) is 6.79. The predicted octanol–water partition coefficient (Wildman–Crippen LogP) is 5.02. The summed E-state index contributed by atoms with van der Waals surface area (Å²) in [6.45, 7) is 0. The first-order valence-corrected chi connectivity index (χ1v) is 14.6. The molecule has 0 fully saturated rings. The molecular weight excluding hydrogens is 529 g/mol. The van der Waals surface area contributed by atoms with E-state index < -0.39 is 15.7 Å². The first kappa shape index (κ1) is 25.6. The van der Waals surface area contributed by atoms with Gasteiger partial charge in [0.1, 0.15) is 15.7 Å². The molecule has 0 aliphatic rings.